The fourth-order valence-corrected chi connectivity index (χ4v) is 2.37. The van der Waals surface area contributed by atoms with Gasteiger partial charge in [0.2, 0.25) is 0 Å². The van der Waals surface area contributed by atoms with Gasteiger partial charge >= 0.3 is 5.97 Å². The highest BCUT2D eigenvalue weighted by Gasteiger charge is 2.22. The molecule has 1 rings (SSSR count). The van der Waals surface area contributed by atoms with Crippen LogP contribution in [-0.4, -0.2) is 19.6 Å². The molecule has 0 bridgehead atoms. The molecule has 1 N–H and O–H groups in total. The molecule has 1 aromatic rings. The van der Waals surface area contributed by atoms with Gasteiger partial charge in [-0.3, -0.25) is 0 Å². The third-order valence-corrected chi connectivity index (χ3v) is 3.23. The summed E-state index contributed by atoms with van der Waals surface area (Å²) in [4.78, 5) is 11.7. The van der Waals surface area contributed by atoms with Crippen LogP contribution in [0.5, 0.6) is 0 Å². The molecule has 5 heteroatoms. The minimum absolute atomic E-state index is 0.304. The zero-order valence-corrected chi connectivity index (χ0v) is 12.1. The van der Waals surface area contributed by atoms with Gasteiger partial charge < -0.3 is 10.1 Å². The van der Waals surface area contributed by atoms with Gasteiger partial charge in [-0.05, 0) is 30.7 Å². The first-order valence-electron chi connectivity index (χ1n) is 5.36. The highest BCUT2D eigenvalue weighted by Crippen LogP contribution is 2.27. The van der Waals surface area contributed by atoms with Gasteiger partial charge in [-0.2, -0.15) is 0 Å². The summed E-state index contributed by atoms with van der Waals surface area (Å²) in [6.45, 7) is 2.78. The van der Waals surface area contributed by atoms with E-state index in [4.69, 9.17) is 16.3 Å². The quantitative estimate of drug-likeness (QED) is 0.846. The zero-order valence-electron chi connectivity index (χ0n) is 9.80. The molecule has 0 spiro atoms. The molecule has 0 heterocycles. The monoisotopic (exact) mass is 319 g/mol. The second-order valence-electron chi connectivity index (χ2n) is 3.58. The molecule has 0 saturated carbocycles. The standard InChI is InChI=1S/C12H15BrClNO2/c1-3-6-15-11(12(16)17-2)9-5-4-8(14)7-10(9)13/h4-5,7,11,15H,3,6H2,1-2H3. The molecule has 1 aromatic carbocycles. The Labute approximate surface area is 115 Å². The molecule has 0 aliphatic rings. The van der Waals surface area contributed by atoms with E-state index in [1.807, 2.05) is 13.0 Å². The Morgan fingerprint density at radius 2 is 2.29 bits per heavy atom. The fraction of sp³-hybridized carbons (Fsp3) is 0.417. The summed E-state index contributed by atoms with van der Waals surface area (Å²) in [7, 11) is 1.38. The van der Waals surface area contributed by atoms with Crippen LogP contribution in [0.1, 0.15) is 24.9 Å². The maximum atomic E-state index is 11.7. The van der Waals surface area contributed by atoms with Crippen LogP contribution in [0.3, 0.4) is 0 Å². The van der Waals surface area contributed by atoms with Crippen molar-refractivity contribution in [3.05, 3.63) is 33.3 Å². The van der Waals surface area contributed by atoms with Crippen LogP contribution in [-0.2, 0) is 9.53 Å². The Hall–Kier alpha value is -0.580. The Morgan fingerprint density at radius 3 is 2.82 bits per heavy atom. The van der Waals surface area contributed by atoms with Gasteiger partial charge in [0.05, 0.1) is 7.11 Å². The summed E-state index contributed by atoms with van der Waals surface area (Å²) in [5.41, 5.74) is 0.828. The summed E-state index contributed by atoms with van der Waals surface area (Å²) in [6, 6.07) is 4.87. The van der Waals surface area contributed by atoms with Gasteiger partial charge in [-0.1, -0.05) is 40.5 Å². The number of rotatable bonds is 5. The van der Waals surface area contributed by atoms with E-state index in [9.17, 15) is 4.79 Å². The smallest absolute Gasteiger partial charge is 0.327 e. The van der Waals surface area contributed by atoms with E-state index < -0.39 is 6.04 Å². The lowest BCUT2D eigenvalue weighted by Crippen LogP contribution is -2.30. The number of nitrogens with one attached hydrogen (secondary N) is 1. The zero-order chi connectivity index (χ0) is 12.8. The Balaban J connectivity index is 2.99. The molecule has 0 aliphatic heterocycles. The van der Waals surface area contributed by atoms with Gasteiger partial charge in [-0.25, -0.2) is 4.79 Å². The van der Waals surface area contributed by atoms with Crippen LogP contribution >= 0.6 is 27.5 Å². The van der Waals surface area contributed by atoms with Crippen molar-refractivity contribution in [1.82, 2.24) is 5.32 Å². The Morgan fingerprint density at radius 1 is 1.59 bits per heavy atom. The van der Waals surface area contributed by atoms with E-state index in [-0.39, 0.29) is 5.97 Å². The lowest BCUT2D eigenvalue weighted by atomic mass is 10.1. The number of hydrogen-bond acceptors (Lipinski definition) is 3. The van der Waals surface area contributed by atoms with E-state index in [2.05, 4.69) is 21.2 Å². The molecule has 0 radical (unpaired) electrons. The van der Waals surface area contributed by atoms with E-state index >= 15 is 0 Å². The average Bonchev–Trinajstić information content (AvgIpc) is 2.31. The van der Waals surface area contributed by atoms with Crippen molar-refractivity contribution in [2.24, 2.45) is 0 Å². The van der Waals surface area contributed by atoms with Crippen LogP contribution in [0.15, 0.2) is 22.7 Å². The molecular weight excluding hydrogens is 305 g/mol. The van der Waals surface area contributed by atoms with Gasteiger partial charge in [0.15, 0.2) is 0 Å². The fourth-order valence-electron chi connectivity index (χ4n) is 1.46. The van der Waals surface area contributed by atoms with Crippen molar-refractivity contribution < 1.29 is 9.53 Å². The Kier molecular flexibility index (Phi) is 5.95. The van der Waals surface area contributed by atoms with Crippen molar-refractivity contribution in [2.45, 2.75) is 19.4 Å². The van der Waals surface area contributed by atoms with Crippen molar-refractivity contribution in [1.29, 1.82) is 0 Å². The molecule has 1 atom stereocenters. The SMILES string of the molecule is CCCNC(C(=O)OC)c1ccc(Cl)cc1Br. The number of ether oxygens (including phenoxy) is 1. The molecular formula is C12H15BrClNO2. The highest BCUT2D eigenvalue weighted by molar-refractivity contribution is 9.10. The number of hydrogen-bond donors (Lipinski definition) is 1. The topological polar surface area (TPSA) is 38.3 Å². The molecule has 0 saturated heterocycles. The number of carbonyl (C=O) groups excluding carboxylic acids is 1. The van der Waals surface area contributed by atoms with Crippen LogP contribution in [0.25, 0.3) is 0 Å². The van der Waals surface area contributed by atoms with E-state index in [0.29, 0.717) is 5.02 Å². The predicted octanol–water partition coefficient (Wildman–Crippen LogP) is 3.32. The predicted molar refractivity (Wildman–Crippen MR) is 72.2 cm³/mol. The number of carbonyl (C=O) groups is 1. The van der Waals surface area contributed by atoms with Crippen LogP contribution in [0.2, 0.25) is 5.02 Å². The lowest BCUT2D eigenvalue weighted by molar-refractivity contribution is -0.143. The highest BCUT2D eigenvalue weighted by atomic mass is 79.9. The van der Waals surface area contributed by atoms with Crippen LogP contribution < -0.4 is 5.32 Å². The van der Waals surface area contributed by atoms with Gasteiger partial charge in [0, 0.05) is 9.50 Å². The number of benzene rings is 1. The number of halogens is 2. The third-order valence-electron chi connectivity index (χ3n) is 2.31. The number of methoxy groups -OCH3 is 1. The summed E-state index contributed by atoms with van der Waals surface area (Å²) < 4.78 is 5.59. The second-order valence-corrected chi connectivity index (χ2v) is 4.87. The van der Waals surface area contributed by atoms with Gasteiger partial charge in [0.1, 0.15) is 6.04 Å². The normalized spacial score (nSPS) is 12.2. The van der Waals surface area contributed by atoms with Crippen molar-refractivity contribution in [3.8, 4) is 0 Å². The summed E-state index contributed by atoms with van der Waals surface area (Å²) >= 11 is 9.28. The molecule has 17 heavy (non-hydrogen) atoms. The van der Waals surface area contributed by atoms with Crippen LogP contribution in [0, 0.1) is 0 Å². The maximum absolute atomic E-state index is 11.7. The summed E-state index contributed by atoms with van der Waals surface area (Å²) in [5, 5.41) is 3.77. The minimum atomic E-state index is -0.466. The van der Waals surface area contributed by atoms with Gasteiger partial charge in [-0.15, -0.1) is 0 Å². The number of esters is 1. The second kappa shape index (κ2) is 6.99. The molecule has 0 fully saturated rings. The molecule has 0 aromatic heterocycles. The maximum Gasteiger partial charge on any atom is 0.327 e. The minimum Gasteiger partial charge on any atom is -0.468 e. The van der Waals surface area contributed by atoms with Crippen molar-refractivity contribution >= 4 is 33.5 Å². The molecule has 0 aliphatic carbocycles. The van der Waals surface area contributed by atoms with Crippen LogP contribution in [0.4, 0.5) is 0 Å². The third kappa shape index (κ3) is 3.98. The average molecular weight is 321 g/mol. The molecule has 1 unspecified atom stereocenters. The van der Waals surface area contributed by atoms with Crippen molar-refractivity contribution in [2.75, 3.05) is 13.7 Å². The lowest BCUT2D eigenvalue weighted by Gasteiger charge is -2.17. The van der Waals surface area contributed by atoms with Crippen molar-refractivity contribution in [3.63, 3.8) is 0 Å². The molecule has 0 amide bonds. The van der Waals surface area contributed by atoms with E-state index in [0.717, 1.165) is 23.0 Å². The largest absolute Gasteiger partial charge is 0.468 e. The van der Waals surface area contributed by atoms with E-state index in [1.165, 1.54) is 7.11 Å². The Bertz CT molecular complexity index is 398. The summed E-state index contributed by atoms with van der Waals surface area (Å²) in [6.07, 6.45) is 0.943. The molecule has 94 valence electrons. The first-order chi connectivity index (χ1) is 8.10. The first-order valence-corrected chi connectivity index (χ1v) is 6.53. The van der Waals surface area contributed by atoms with Gasteiger partial charge in [0.25, 0.3) is 0 Å². The van der Waals surface area contributed by atoms with E-state index in [1.54, 1.807) is 12.1 Å². The molecule has 3 nitrogen and oxygen atoms in total. The first kappa shape index (κ1) is 14.5. The summed E-state index contributed by atoms with van der Waals surface area (Å²) in [5.74, 6) is -0.304.